The summed E-state index contributed by atoms with van der Waals surface area (Å²) < 4.78 is 0. The van der Waals surface area contributed by atoms with Gasteiger partial charge in [-0.3, -0.25) is 15.0 Å². The van der Waals surface area contributed by atoms with Gasteiger partial charge in [-0.15, -0.1) is 0 Å². The van der Waals surface area contributed by atoms with Crippen molar-refractivity contribution in [2.75, 3.05) is 16.8 Å². The van der Waals surface area contributed by atoms with Crippen molar-refractivity contribution >= 4 is 24.0 Å². The Labute approximate surface area is 150 Å². The van der Waals surface area contributed by atoms with Crippen LogP contribution in [0.1, 0.15) is 52.4 Å². The number of rotatable bonds is 3. The average Bonchev–Trinajstić information content (AvgIpc) is 3.52. The zero-order chi connectivity index (χ0) is 18.1. The molecule has 0 unspecified atom stereocenters. The lowest BCUT2D eigenvalue weighted by atomic mass is 10.00. The fraction of sp³-hybridized carbons (Fsp3) is 0.316. The standard InChI is InChI=1S/C19H17N5O2/c20-9-12-3-6-17(21-10-12)23-19(26)24-7-1-2-14-8-15(13-4-5-13)16(11-25)22-18(14)24/h3,6,8,10-11,13H,1-2,4-5,7H2,(H,21,23,26). The van der Waals surface area contributed by atoms with Gasteiger partial charge in [0.15, 0.2) is 6.29 Å². The smallest absolute Gasteiger partial charge is 0.296 e. The molecule has 0 radical (unpaired) electrons. The van der Waals surface area contributed by atoms with Gasteiger partial charge in [0.05, 0.1) is 5.56 Å². The predicted molar refractivity (Wildman–Crippen MR) is 95.2 cm³/mol. The largest absolute Gasteiger partial charge is 0.328 e. The molecular formula is C19H17N5O2. The number of pyridine rings is 2. The van der Waals surface area contributed by atoms with Gasteiger partial charge in [0.2, 0.25) is 0 Å². The number of anilines is 2. The van der Waals surface area contributed by atoms with E-state index in [0.29, 0.717) is 35.4 Å². The second-order valence-electron chi connectivity index (χ2n) is 6.57. The summed E-state index contributed by atoms with van der Waals surface area (Å²) in [4.78, 5) is 34.3. The molecule has 2 amide bonds. The first-order chi connectivity index (χ1) is 12.7. The summed E-state index contributed by atoms with van der Waals surface area (Å²) in [5.74, 6) is 1.35. The Morgan fingerprint density at radius 3 is 2.88 bits per heavy atom. The molecule has 7 nitrogen and oxygen atoms in total. The van der Waals surface area contributed by atoms with Crippen molar-refractivity contribution in [3.63, 3.8) is 0 Å². The number of nitrogens with one attached hydrogen (secondary N) is 1. The van der Waals surface area contributed by atoms with Crippen LogP contribution in [0.3, 0.4) is 0 Å². The number of hydrogen-bond acceptors (Lipinski definition) is 5. The second-order valence-corrected chi connectivity index (χ2v) is 6.57. The number of fused-ring (bicyclic) bond motifs is 1. The van der Waals surface area contributed by atoms with Gasteiger partial charge in [-0.1, -0.05) is 0 Å². The van der Waals surface area contributed by atoms with Crippen molar-refractivity contribution in [3.05, 3.63) is 46.8 Å². The van der Waals surface area contributed by atoms with Crippen molar-refractivity contribution in [2.45, 2.75) is 31.6 Å². The third-order valence-electron chi connectivity index (χ3n) is 4.72. The molecule has 1 saturated carbocycles. The van der Waals surface area contributed by atoms with Crippen LogP contribution >= 0.6 is 0 Å². The first kappa shape index (κ1) is 16.2. The Morgan fingerprint density at radius 2 is 2.23 bits per heavy atom. The van der Waals surface area contributed by atoms with Gasteiger partial charge in [0.25, 0.3) is 0 Å². The maximum absolute atomic E-state index is 12.7. The summed E-state index contributed by atoms with van der Waals surface area (Å²) in [6.45, 7) is 0.531. The molecule has 130 valence electrons. The lowest BCUT2D eigenvalue weighted by Gasteiger charge is -2.29. The molecule has 2 aromatic heterocycles. The molecule has 0 atom stereocenters. The van der Waals surface area contributed by atoms with Gasteiger partial charge in [0.1, 0.15) is 23.4 Å². The van der Waals surface area contributed by atoms with Crippen LogP contribution in [0.25, 0.3) is 0 Å². The summed E-state index contributed by atoms with van der Waals surface area (Å²) in [7, 11) is 0. The number of aryl methyl sites for hydroxylation is 1. The van der Waals surface area contributed by atoms with E-state index in [-0.39, 0.29) is 6.03 Å². The average molecular weight is 347 g/mol. The van der Waals surface area contributed by atoms with E-state index in [4.69, 9.17) is 5.26 Å². The number of aromatic nitrogens is 2. The van der Waals surface area contributed by atoms with Crippen molar-refractivity contribution in [1.82, 2.24) is 9.97 Å². The van der Waals surface area contributed by atoms with Gasteiger partial charge < -0.3 is 0 Å². The lowest BCUT2D eigenvalue weighted by molar-refractivity contribution is 0.111. The minimum Gasteiger partial charge on any atom is -0.296 e. The van der Waals surface area contributed by atoms with Crippen LogP contribution in [0.4, 0.5) is 16.4 Å². The summed E-state index contributed by atoms with van der Waals surface area (Å²) in [6, 6.07) is 6.87. The monoisotopic (exact) mass is 347 g/mol. The number of hydrogen-bond donors (Lipinski definition) is 1. The minimum absolute atomic E-state index is 0.341. The van der Waals surface area contributed by atoms with E-state index in [1.807, 2.05) is 12.1 Å². The quantitative estimate of drug-likeness (QED) is 0.861. The highest BCUT2D eigenvalue weighted by Crippen LogP contribution is 2.42. The molecule has 7 heteroatoms. The first-order valence-corrected chi connectivity index (χ1v) is 8.63. The summed E-state index contributed by atoms with van der Waals surface area (Å²) in [5.41, 5.74) is 2.88. The zero-order valence-corrected chi connectivity index (χ0v) is 14.1. The molecule has 1 fully saturated rings. The SMILES string of the molecule is N#Cc1ccc(NC(=O)N2CCCc3cc(C4CC4)c(C=O)nc32)nc1. The molecule has 2 aromatic rings. The Hall–Kier alpha value is -3.27. The topological polar surface area (TPSA) is 99.0 Å². The number of urea groups is 1. The first-order valence-electron chi connectivity index (χ1n) is 8.63. The van der Waals surface area contributed by atoms with Crippen LogP contribution < -0.4 is 10.2 Å². The van der Waals surface area contributed by atoms with Crippen LogP contribution in [0.2, 0.25) is 0 Å². The molecule has 0 saturated heterocycles. The van der Waals surface area contributed by atoms with Crippen molar-refractivity contribution in [1.29, 1.82) is 5.26 Å². The van der Waals surface area contributed by atoms with Crippen LogP contribution in [-0.4, -0.2) is 28.8 Å². The Balaban J connectivity index is 1.61. The number of nitrogens with zero attached hydrogens (tertiary/aromatic N) is 4. The number of amides is 2. The van der Waals surface area contributed by atoms with Crippen molar-refractivity contribution < 1.29 is 9.59 Å². The fourth-order valence-electron chi connectivity index (χ4n) is 3.25. The number of carbonyl (C=O) groups excluding carboxylic acids is 2. The molecule has 1 aliphatic carbocycles. The highest BCUT2D eigenvalue weighted by molar-refractivity contribution is 6.01. The highest BCUT2D eigenvalue weighted by atomic mass is 16.2. The third kappa shape index (κ3) is 3.02. The van der Waals surface area contributed by atoms with E-state index in [0.717, 1.165) is 43.1 Å². The molecule has 0 bridgehead atoms. The highest BCUT2D eigenvalue weighted by Gasteiger charge is 2.31. The fourth-order valence-corrected chi connectivity index (χ4v) is 3.25. The summed E-state index contributed by atoms with van der Waals surface area (Å²) in [5, 5.41) is 11.5. The maximum atomic E-state index is 12.7. The molecule has 1 N–H and O–H groups in total. The number of carbonyl (C=O) groups is 2. The molecule has 3 heterocycles. The third-order valence-corrected chi connectivity index (χ3v) is 4.72. The van der Waals surface area contributed by atoms with E-state index in [2.05, 4.69) is 15.3 Å². The normalized spacial score (nSPS) is 15.7. The molecule has 4 rings (SSSR count). The molecule has 2 aliphatic rings. The molecule has 1 aliphatic heterocycles. The van der Waals surface area contributed by atoms with Crippen molar-refractivity contribution in [3.8, 4) is 6.07 Å². The van der Waals surface area contributed by atoms with Crippen molar-refractivity contribution in [2.24, 2.45) is 0 Å². The van der Waals surface area contributed by atoms with Gasteiger partial charge in [0, 0.05) is 12.7 Å². The summed E-state index contributed by atoms with van der Waals surface area (Å²) >= 11 is 0. The van der Waals surface area contributed by atoms with Crippen LogP contribution in [-0.2, 0) is 6.42 Å². The Kier molecular flexibility index (Phi) is 4.09. The predicted octanol–water partition coefficient (Wildman–Crippen LogP) is 3.02. The number of nitriles is 1. The van der Waals surface area contributed by atoms with Crippen LogP contribution in [0.5, 0.6) is 0 Å². The minimum atomic E-state index is -0.341. The van der Waals surface area contributed by atoms with E-state index >= 15 is 0 Å². The van der Waals surface area contributed by atoms with Gasteiger partial charge in [-0.25, -0.2) is 14.8 Å². The molecular weight excluding hydrogens is 330 g/mol. The van der Waals surface area contributed by atoms with E-state index in [1.54, 1.807) is 17.0 Å². The maximum Gasteiger partial charge on any atom is 0.328 e. The van der Waals surface area contributed by atoms with Gasteiger partial charge in [-0.2, -0.15) is 5.26 Å². The molecule has 0 spiro atoms. The Bertz CT molecular complexity index is 913. The van der Waals surface area contributed by atoms with Crippen LogP contribution in [0.15, 0.2) is 24.4 Å². The zero-order valence-electron chi connectivity index (χ0n) is 14.1. The molecule has 26 heavy (non-hydrogen) atoms. The van der Waals surface area contributed by atoms with E-state index in [9.17, 15) is 9.59 Å². The summed E-state index contributed by atoms with van der Waals surface area (Å²) in [6.07, 6.45) is 6.06. The lowest BCUT2D eigenvalue weighted by Crippen LogP contribution is -2.39. The van der Waals surface area contributed by atoms with E-state index < -0.39 is 0 Å². The molecule has 0 aromatic carbocycles. The Morgan fingerprint density at radius 1 is 1.38 bits per heavy atom. The van der Waals surface area contributed by atoms with Crippen LogP contribution in [0, 0.1) is 11.3 Å². The van der Waals surface area contributed by atoms with Gasteiger partial charge >= 0.3 is 6.03 Å². The van der Waals surface area contributed by atoms with Gasteiger partial charge in [-0.05, 0) is 60.9 Å². The second kappa shape index (κ2) is 6.56. The van der Waals surface area contributed by atoms with E-state index in [1.165, 1.54) is 6.20 Å². The number of aldehydes is 1.